The van der Waals surface area contributed by atoms with Gasteiger partial charge in [0.1, 0.15) is 16.7 Å². The average molecular weight is 385 g/mol. The summed E-state index contributed by atoms with van der Waals surface area (Å²) in [5.41, 5.74) is 2.57. The van der Waals surface area contributed by atoms with Crippen molar-refractivity contribution in [2.45, 2.75) is 0 Å². The predicted octanol–water partition coefficient (Wildman–Crippen LogP) is 2.97. The molecule has 0 N–H and O–H groups in total. The minimum absolute atomic E-state index is 0.120. The van der Waals surface area contributed by atoms with E-state index in [1.807, 2.05) is 30.3 Å². The number of pyridine rings is 1. The Balaban J connectivity index is 1.96. The van der Waals surface area contributed by atoms with Gasteiger partial charge in [-0.25, -0.2) is 19.7 Å². The Labute approximate surface area is 160 Å². The van der Waals surface area contributed by atoms with Gasteiger partial charge < -0.3 is 14.4 Å². The van der Waals surface area contributed by atoms with E-state index in [4.69, 9.17) is 26.1 Å². The van der Waals surface area contributed by atoms with Gasteiger partial charge in [0.25, 0.3) is 0 Å². The Kier molecular flexibility index (Phi) is 4.87. The van der Waals surface area contributed by atoms with Gasteiger partial charge in [-0.3, -0.25) is 0 Å². The normalized spacial score (nSPS) is 14.4. The van der Waals surface area contributed by atoms with E-state index in [2.05, 4.69) is 14.9 Å². The molecule has 138 valence electrons. The fraction of sp³-hybridized carbons (Fsp3) is 0.263. The third-order valence-electron chi connectivity index (χ3n) is 4.33. The molecule has 3 heterocycles. The standard InChI is InChI=1S/C19H17ClN4O3/c1-26-18(25)14-11-13(20)16-17(21-14)15(12-5-3-2-4-6-12)22-19(23-16)24-7-9-27-10-8-24/h2-6,11H,7-10H2,1H3. The second-order valence-electron chi connectivity index (χ2n) is 6.02. The number of fused-ring (bicyclic) bond motifs is 1. The Morgan fingerprint density at radius 3 is 2.56 bits per heavy atom. The van der Waals surface area contributed by atoms with Crippen LogP contribution in [0.5, 0.6) is 0 Å². The van der Waals surface area contributed by atoms with Gasteiger partial charge in [-0.15, -0.1) is 0 Å². The number of aromatic nitrogens is 3. The number of morpholine rings is 1. The molecule has 1 aromatic carbocycles. The van der Waals surface area contributed by atoms with Gasteiger partial charge in [0, 0.05) is 18.7 Å². The van der Waals surface area contributed by atoms with Gasteiger partial charge in [-0.1, -0.05) is 41.9 Å². The molecule has 4 rings (SSSR count). The number of ether oxygens (including phenoxy) is 2. The number of hydrogen-bond acceptors (Lipinski definition) is 7. The van der Waals surface area contributed by atoms with Gasteiger partial charge >= 0.3 is 5.97 Å². The van der Waals surface area contributed by atoms with Crippen molar-refractivity contribution >= 4 is 34.6 Å². The number of hydrogen-bond donors (Lipinski definition) is 0. The Morgan fingerprint density at radius 1 is 1.11 bits per heavy atom. The first-order chi connectivity index (χ1) is 13.2. The molecular formula is C19H17ClN4O3. The summed E-state index contributed by atoms with van der Waals surface area (Å²) in [5.74, 6) is 0.00855. The Morgan fingerprint density at radius 2 is 1.85 bits per heavy atom. The van der Waals surface area contributed by atoms with Crippen molar-refractivity contribution in [3.8, 4) is 11.3 Å². The molecule has 0 spiro atoms. The highest BCUT2D eigenvalue weighted by Gasteiger charge is 2.21. The Hall–Kier alpha value is -2.77. The summed E-state index contributed by atoms with van der Waals surface area (Å²) < 4.78 is 10.2. The van der Waals surface area contributed by atoms with E-state index in [0.29, 0.717) is 54.0 Å². The van der Waals surface area contributed by atoms with Crippen LogP contribution < -0.4 is 4.90 Å². The van der Waals surface area contributed by atoms with E-state index in [1.54, 1.807) is 0 Å². The van der Waals surface area contributed by atoms with Crippen LogP contribution in [0.4, 0.5) is 5.95 Å². The molecule has 0 saturated carbocycles. The van der Waals surface area contributed by atoms with Gasteiger partial charge in [0.15, 0.2) is 5.69 Å². The number of halogens is 1. The molecule has 2 aromatic heterocycles. The first-order valence-corrected chi connectivity index (χ1v) is 8.90. The summed E-state index contributed by atoms with van der Waals surface area (Å²) >= 11 is 6.45. The number of rotatable bonds is 3. The fourth-order valence-corrected chi connectivity index (χ4v) is 3.20. The molecule has 8 heteroatoms. The highest BCUT2D eigenvalue weighted by atomic mass is 35.5. The number of benzene rings is 1. The van der Waals surface area contributed by atoms with Crippen LogP contribution in [0.2, 0.25) is 5.02 Å². The molecular weight excluding hydrogens is 368 g/mol. The van der Waals surface area contributed by atoms with Crippen molar-refractivity contribution in [3.05, 3.63) is 47.1 Å². The van der Waals surface area contributed by atoms with Crippen molar-refractivity contribution in [2.24, 2.45) is 0 Å². The van der Waals surface area contributed by atoms with E-state index in [0.717, 1.165) is 5.56 Å². The lowest BCUT2D eigenvalue weighted by molar-refractivity contribution is 0.0594. The lowest BCUT2D eigenvalue weighted by atomic mass is 10.1. The van der Waals surface area contributed by atoms with Crippen molar-refractivity contribution in [1.29, 1.82) is 0 Å². The quantitative estimate of drug-likeness (QED) is 0.642. The van der Waals surface area contributed by atoms with Crippen molar-refractivity contribution < 1.29 is 14.3 Å². The number of anilines is 1. The second kappa shape index (κ2) is 7.46. The monoisotopic (exact) mass is 384 g/mol. The van der Waals surface area contributed by atoms with Gasteiger partial charge in [0.2, 0.25) is 5.95 Å². The van der Waals surface area contributed by atoms with E-state index in [9.17, 15) is 4.79 Å². The zero-order chi connectivity index (χ0) is 18.8. The smallest absolute Gasteiger partial charge is 0.356 e. The van der Waals surface area contributed by atoms with E-state index in [1.165, 1.54) is 13.2 Å². The Bertz CT molecular complexity index is 991. The summed E-state index contributed by atoms with van der Waals surface area (Å²) in [7, 11) is 1.30. The maximum atomic E-state index is 12.0. The van der Waals surface area contributed by atoms with Crippen LogP contribution in [-0.2, 0) is 9.47 Å². The van der Waals surface area contributed by atoms with Crippen LogP contribution in [0.1, 0.15) is 10.5 Å². The lowest BCUT2D eigenvalue weighted by Crippen LogP contribution is -2.37. The van der Waals surface area contributed by atoms with E-state index >= 15 is 0 Å². The summed E-state index contributed by atoms with van der Waals surface area (Å²) in [6.07, 6.45) is 0. The molecule has 1 saturated heterocycles. The largest absolute Gasteiger partial charge is 0.464 e. The number of esters is 1. The number of methoxy groups -OCH3 is 1. The van der Waals surface area contributed by atoms with Crippen LogP contribution in [0.3, 0.4) is 0 Å². The van der Waals surface area contributed by atoms with E-state index in [-0.39, 0.29) is 5.69 Å². The molecule has 0 radical (unpaired) electrons. The molecule has 27 heavy (non-hydrogen) atoms. The van der Waals surface area contributed by atoms with E-state index < -0.39 is 5.97 Å². The molecule has 1 fully saturated rings. The first kappa shape index (κ1) is 17.6. The third-order valence-corrected chi connectivity index (χ3v) is 4.62. The minimum atomic E-state index is -0.560. The topological polar surface area (TPSA) is 77.4 Å². The van der Waals surface area contributed by atoms with Gasteiger partial charge in [0.05, 0.1) is 25.3 Å². The number of carbonyl (C=O) groups is 1. The summed E-state index contributed by atoms with van der Waals surface area (Å²) in [6.45, 7) is 2.64. The maximum absolute atomic E-state index is 12.0. The lowest BCUT2D eigenvalue weighted by Gasteiger charge is -2.27. The summed E-state index contributed by atoms with van der Waals surface area (Å²) in [5, 5.41) is 0.328. The molecule has 0 amide bonds. The zero-order valence-corrected chi connectivity index (χ0v) is 15.4. The minimum Gasteiger partial charge on any atom is -0.464 e. The second-order valence-corrected chi connectivity index (χ2v) is 6.42. The van der Waals surface area contributed by atoms with Crippen molar-refractivity contribution in [3.63, 3.8) is 0 Å². The SMILES string of the molecule is COC(=O)c1cc(Cl)c2nc(N3CCOCC3)nc(-c3ccccc3)c2n1. The molecule has 0 unspecified atom stereocenters. The van der Waals surface area contributed by atoms with Gasteiger partial charge in [-0.05, 0) is 6.07 Å². The van der Waals surface area contributed by atoms with Crippen LogP contribution in [0.15, 0.2) is 36.4 Å². The van der Waals surface area contributed by atoms with Crippen molar-refractivity contribution in [2.75, 3.05) is 38.3 Å². The molecule has 0 aliphatic carbocycles. The fourth-order valence-electron chi connectivity index (χ4n) is 2.97. The van der Waals surface area contributed by atoms with Crippen LogP contribution >= 0.6 is 11.6 Å². The first-order valence-electron chi connectivity index (χ1n) is 8.52. The number of nitrogens with zero attached hydrogens (tertiary/aromatic N) is 4. The molecule has 3 aromatic rings. The zero-order valence-electron chi connectivity index (χ0n) is 14.7. The molecule has 1 aliphatic rings. The maximum Gasteiger partial charge on any atom is 0.356 e. The molecule has 7 nitrogen and oxygen atoms in total. The summed E-state index contributed by atoms with van der Waals surface area (Å²) in [4.78, 5) is 27.8. The van der Waals surface area contributed by atoms with Crippen LogP contribution in [0, 0.1) is 0 Å². The molecule has 1 aliphatic heterocycles. The highest BCUT2D eigenvalue weighted by molar-refractivity contribution is 6.35. The van der Waals surface area contributed by atoms with Crippen LogP contribution in [-0.4, -0.2) is 54.3 Å². The number of carbonyl (C=O) groups excluding carboxylic acids is 1. The molecule has 0 atom stereocenters. The molecule has 0 bridgehead atoms. The average Bonchev–Trinajstić information content (AvgIpc) is 2.73. The third kappa shape index (κ3) is 3.43. The summed E-state index contributed by atoms with van der Waals surface area (Å²) in [6, 6.07) is 11.1. The van der Waals surface area contributed by atoms with Crippen LogP contribution in [0.25, 0.3) is 22.3 Å². The van der Waals surface area contributed by atoms with Gasteiger partial charge in [-0.2, -0.15) is 0 Å². The predicted molar refractivity (Wildman–Crippen MR) is 102 cm³/mol. The van der Waals surface area contributed by atoms with Crippen molar-refractivity contribution in [1.82, 2.24) is 15.0 Å². The highest BCUT2D eigenvalue weighted by Crippen LogP contribution is 2.31.